The summed E-state index contributed by atoms with van der Waals surface area (Å²) in [5, 5.41) is 12.6. The van der Waals surface area contributed by atoms with E-state index in [2.05, 4.69) is 22.0 Å². The molecule has 4 aromatic rings. The predicted octanol–water partition coefficient (Wildman–Crippen LogP) is 4.35. The molecule has 3 aromatic heterocycles. The molecule has 7 nitrogen and oxygen atoms in total. The lowest BCUT2D eigenvalue weighted by atomic mass is 10.1. The van der Waals surface area contributed by atoms with Crippen LogP contribution in [0.5, 0.6) is 0 Å². The molecule has 0 aliphatic carbocycles. The zero-order valence-corrected chi connectivity index (χ0v) is 19.2. The molecule has 1 saturated heterocycles. The van der Waals surface area contributed by atoms with Gasteiger partial charge in [0.05, 0.1) is 10.4 Å². The SMILES string of the molecule is CC(C)C(=O)N1CCN(c2nc3cc(Cl)ccc3c3nnc(-c4cccs4)n23)CC1C. The molecule has 1 amide bonds. The van der Waals surface area contributed by atoms with Crippen molar-refractivity contribution >= 4 is 51.3 Å². The van der Waals surface area contributed by atoms with E-state index in [4.69, 9.17) is 16.6 Å². The van der Waals surface area contributed by atoms with Gasteiger partial charge in [-0.2, -0.15) is 0 Å². The molecule has 0 N–H and O–H groups in total. The van der Waals surface area contributed by atoms with Gasteiger partial charge in [0.1, 0.15) is 0 Å². The summed E-state index contributed by atoms with van der Waals surface area (Å²) in [6, 6.07) is 9.78. The Morgan fingerprint density at radius 2 is 2.06 bits per heavy atom. The highest BCUT2D eigenvalue weighted by Gasteiger charge is 2.31. The number of hydrogen-bond donors (Lipinski definition) is 0. The van der Waals surface area contributed by atoms with Crippen LogP contribution in [-0.2, 0) is 4.79 Å². The number of thiophene rings is 1. The van der Waals surface area contributed by atoms with Gasteiger partial charge < -0.3 is 9.80 Å². The van der Waals surface area contributed by atoms with Gasteiger partial charge in [-0.25, -0.2) is 9.38 Å². The van der Waals surface area contributed by atoms with Crippen molar-refractivity contribution in [2.45, 2.75) is 26.8 Å². The Balaban J connectivity index is 1.65. The number of halogens is 1. The van der Waals surface area contributed by atoms with Crippen LogP contribution >= 0.6 is 22.9 Å². The van der Waals surface area contributed by atoms with E-state index in [-0.39, 0.29) is 17.9 Å². The van der Waals surface area contributed by atoms with E-state index in [1.807, 2.05) is 58.9 Å². The fourth-order valence-corrected chi connectivity index (χ4v) is 5.03. The number of carbonyl (C=O) groups is 1. The van der Waals surface area contributed by atoms with E-state index >= 15 is 0 Å². The van der Waals surface area contributed by atoms with E-state index < -0.39 is 0 Å². The van der Waals surface area contributed by atoms with Crippen molar-refractivity contribution in [3.05, 3.63) is 40.7 Å². The fraction of sp³-hybridized carbons (Fsp3) is 0.364. The molecule has 1 atom stereocenters. The van der Waals surface area contributed by atoms with Gasteiger partial charge in [0.15, 0.2) is 11.5 Å². The van der Waals surface area contributed by atoms with Crippen LogP contribution in [0.3, 0.4) is 0 Å². The summed E-state index contributed by atoms with van der Waals surface area (Å²) in [5.41, 5.74) is 1.54. The number of benzene rings is 1. The molecule has 1 fully saturated rings. The first kappa shape index (κ1) is 20.2. The molecule has 1 unspecified atom stereocenters. The summed E-state index contributed by atoms with van der Waals surface area (Å²) >= 11 is 7.89. The van der Waals surface area contributed by atoms with Crippen molar-refractivity contribution in [1.82, 2.24) is 24.5 Å². The number of aromatic nitrogens is 4. The van der Waals surface area contributed by atoms with Crippen LogP contribution in [0.2, 0.25) is 5.02 Å². The maximum Gasteiger partial charge on any atom is 0.225 e. The van der Waals surface area contributed by atoms with Gasteiger partial charge in [-0.3, -0.25) is 4.79 Å². The van der Waals surface area contributed by atoms with E-state index in [1.165, 1.54) is 0 Å². The summed E-state index contributed by atoms with van der Waals surface area (Å²) in [5.74, 6) is 1.74. The maximum atomic E-state index is 12.6. The van der Waals surface area contributed by atoms with Crippen molar-refractivity contribution < 1.29 is 4.79 Å². The molecule has 0 saturated carbocycles. The summed E-state index contributed by atoms with van der Waals surface area (Å²) in [7, 11) is 0. The van der Waals surface area contributed by atoms with Gasteiger partial charge >= 0.3 is 0 Å². The molecule has 0 spiro atoms. The summed E-state index contributed by atoms with van der Waals surface area (Å²) in [6.07, 6.45) is 0. The van der Waals surface area contributed by atoms with Crippen molar-refractivity contribution in [3.63, 3.8) is 0 Å². The standard InChI is InChI=1S/C22H23ClN6OS/c1-13(2)21(30)28-9-8-27(12-14(28)3)22-24-17-11-15(23)6-7-16(17)19-25-26-20(29(19)22)18-5-4-10-31-18/h4-7,10-11,13-14H,8-9,12H2,1-3H3. The molecular weight excluding hydrogens is 432 g/mol. The number of amides is 1. The molecule has 0 radical (unpaired) electrons. The number of rotatable bonds is 3. The van der Waals surface area contributed by atoms with E-state index in [0.717, 1.165) is 33.2 Å². The van der Waals surface area contributed by atoms with E-state index in [1.54, 1.807) is 11.3 Å². The normalized spacial score (nSPS) is 17.3. The topological polar surface area (TPSA) is 66.6 Å². The van der Waals surface area contributed by atoms with E-state index in [9.17, 15) is 4.79 Å². The van der Waals surface area contributed by atoms with Gasteiger partial charge in [-0.15, -0.1) is 21.5 Å². The minimum atomic E-state index is -0.00933. The largest absolute Gasteiger partial charge is 0.338 e. The first-order chi connectivity index (χ1) is 14.9. The minimum absolute atomic E-state index is 0.00933. The Morgan fingerprint density at radius 1 is 1.23 bits per heavy atom. The lowest BCUT2D eigenvalue weighted by molar-refractivity contribution is -0.136. The Bertz CT molecular complexity index is 1270. The lowest BCUT2D eigenvalue weighted by Gasteiger charge is -2.41. The first-order valence-corrected chi connectivity index (χ1v) is 11.6. The van der Waals surface area contributed by atoms with Crippen LogP contribution < -0.4 is 4.90 Å². The average Bonchev–Trinajstić information content (AvgIpc) is 3.42. The molecule has 1 aliphatic rings. The molecule has 1 aromatic carbocycles. The van der Waals surface area contributed by atoms with Crippen molar-refractivity contribution in [3.8, 4) is 10.7 Å². The smallest absolute Gasteiger partial charge is 0.225 e. The molecule has 9 heteroatoms. The summed E-state index contributed by atoms with van der Waals surface area (Å²) in [6.45, 7) is 8.03. The molecule has 31 heavy (non-hydrogen) atoms. The summed E-state index contributed by atoms with van der Waals surface area (Å²) < 4.78 is 2.04. The van der Waals surface area contributed by atoms with Gasteiger partial charge in [0.25, 0.3) is 0 Å². The highest BCUT2D eigenvalue weighted by atomic mass is 35.5. The number of piperazine rings is 1. The molecule has 1 aliphatic heterocycles. The number of carbonyl (C=O) groups excluding carboxylic acids is 1. The predicted molar refractivity (Wildman–Crippen MR) is 125 cm³/mol. The highest BCUT2D eigenvalue weighted by Crippen LogP contribution is 2.32. The third kappa shape index (κ3) is 3.43. The Hall–Kier alpha value is -2.71. The van der Waals surface area contributed by atoms with Crippen LogP contribution in [0.15, 0.2) is 35.7 Å². The number of hydrogen-bond acceptors (Lipinski definition) is 6. The minimum Gasteiger partial charge on any atom is -0.338 e. The average molecular weight is 455 g/mol. The van der Waals surface area contributed by atoms with Gasteiger partial charge in [-0.05, 0) is 36.6 Å². The van der Waals surface area contributed by atoms with Crippen molar-refractivity contribution in [1.29, 1.82) is 0 Å². The molecule has 160 valence electrons. The van der Waals surface area contributed by atoms with Crippen LogP contribution in [0.25, 0.3) is 27.3 Å². The monoisotopic (exact) mass is 454 g/mol. The van der Waals surface area contributed by atoms with Gasteiger partial charge in [0, 0.05) is 42.0 Å². The number of fused-ring (bicyclic) bond motifs is 3. The second-order valence-electron chi connectivity index (χ2n) is 8.21. The molecule has 5 rings (SSSR count). The Kier molecular flexibility index (Phi) is 5.06. The van der Waals surface area contributed by atoms with Crippen LogP contribution in [0, 0.1) is 5.92 Å². The fourth-order valence-electron chi connectivity index (χ4n) is 4.17. The van der Waals surface area contributed by atoms with Gasteiger partial charge in [0.2, 0.25) is 11.9 Å². The second-order valence-corrected chi connectivity index (χ2v) is 9.60. The lowest BCUT2D eigenvalue weighted by Crippen LogP contribution is -2.55. The first-order valence-electron chi connectivity index (χ1n) is 10.4. The second kappa shape index (κ2) is 7.76. The third-order valence-electron chi connectivity index (χ3n) is 5.71. The number of nitrogens with zero attached hydrogens (tertiary/aromatic N) is 6. The third-order valence-corrected chi connectivity index (χ3v) is 6.81. The quantitative estimate of drug-likeness (QED) is 0.460. The van der Waals surface area contributed by atoms with Crippen LogP contribution in [0.4, 0.5) is 5.95 Å². The molecule has 0 bridgehead atoms. The van der Waals surface area contributed by atoms with E-state index in [0.29, 0.717) is 24.7 Å². The van der Waals surface area contributed by atoms with Crippen molar-refractivity contribution in [2.75, 3.05) is 24.5 Å². The van der Waals surface area contributed by atoms with Crippen LogP contribution in [0.1, 0.15) is 20.8 Å². The highest BCUT2D eigenvalue weighted by molar-refractivity contribution is 7.13. The van der Waals surface area contributed by atoms with Crippen molar-refractivity contribution in [2.24, 2.45) is 5.92 Å². The summed E-state index contributed by atoms with van der Waals surface area (Å²) in [4.78, 5) is 22.8. The maximum absolute atomic E-state index is 12.6. The number of anilines is 1. The van der Waals surface area contributed by atoms with Gasteiger partial charge in [-0.1, -0.05) is 31.5 Å². The van der Waals surface area contributed by atoms with Crippen LogP contribution in [-0.4, -0.2) is 56.1 Å². The molecular formula is C22H23ClN6OS. The Morgan fingerprint density at radius 3 is 2.77 bits per heavy atom. The molecule has 4 heterocycles. The zero-order chi connectivity index (χ0) is 21.7. The Labute approximate surface area is 189 Å². The zero-order valence-electron chi connectivity index (χ0n) is 17.6.